The maximum Gasteiger partial charge on any atom is 0.244 e. The zero-order chi connectivity index (χ0) is 25.6. The molecule has 1 aliphatic heterocycles. The predicted octanol–water partition coefficient (Wildman–Crippen LogP) is 3.17. The molecule has 3 rings (SSSR count). The summed E-state index contributed by atoms with van der Waals surface area (Å²) in [7, 11) is -3.84. The van der Waals surface area contributed by atoms with E-state index in [2.05, 4.69) is 5.32 Å². The molecule has 2 aromatic rings. The molecule has 35 heavy (non-hydrogen) atoms. The molecule has 2 amide bonds. The molecule has 1 atom stereocenters. The van der Waals surface area contributed by atoms with Crippen LogP contribution >= 0.6 is 11.6 Å². The van der Waals surface area contributed by atoms with Crippen molar-refractivity contribution >= 4 is 39.1 Å². The van der Waals surface area contributed by atoms with E-state index in [0.717, 1.165) is 23.4 Å². The maximum atomic E-state index is 13.5. The van der Waals surface area contributed by atoms with Crippen molar-refractivity contribution in [2.45, 2.75) is 39.3 Å². The summed E-state index contributed by atoms with van der Waals surface area (Å²) >= 11 is 6.11. The molecule has 0 radical (unpaired) electrons. The first-order valence-electron chi connectivity index (χ1n) is 11.3. The van der Waals surface area contributed by atoms with Crippen LogP contribution in [0.25, 0.3) is 0 Å². The number of unbranched alkanes of at least 4 members (excludes halogenated alkanes) is 1. The second-order valence-corrected chi connectivity index (χ2v) is 10.6. The van der Waals surface area contributed by atoms with Crippen LogP contribution in [0.5, 0.6) is 11.5 Å². The summed E-state index contributed by atoms with van der Waals surface area (Å²) in [5.74, 6) is 0.0329. The fourth-order valence-corrected chi connectivity index (χ4v) is 4.66. The molecule has 11 heteroatoms. The van der Waals surface area contributed by atoms with Crippen molar-refractivity contribution in [1.82, 2.24) is 10.2 Å². The van der Waals surface area contributed by atoms with Gasteiger partial charge < -0.3 is 19.7 Å². The van der Waals surface area contributed by atoms with Crippen molar-refractivity contribution in [3.8, 4) is 11.5 Å². The van der Waals surface area contributed by atoms with Crippen molar-refractivity contribution in [1.29, 1.82) is 0 Å². The number of anilines is 1. The highest BCUT2D eigenvalue weighted by Gasteiger charge is 2.30. The van der Waals surface area contributed by atoms with E-state index in [1.165, 1.54) is 11.0 Å². The van der Waals surface area contributed by atoms with E-state index in [0.29, 0.717) is 28.6 Å². The lowest BCUT2D eigenvalue weighted by atomic mass is 10.1. The average molecular weight is 524 g/mol. The van der Waals surface area contributed by atoms with Crippen molar-refractivity contribution in [2.75, 3.05) is 30.4 Å². The number of carbonyl (C=O) groups excluding carboxylic acids is 2. The Morgan fingerprint density at radius 3 is 2.57 bits per heavy atom. The van der Waals surface area contributed by atoms with Gasteiger partial charge in [0, 0.05) is 24.2 Å². The Morgan fingerprint density at radius 2 is 1.89 bits per heavy atom. The van der Waals surface area contributed by atoms with Crippen molar-refractivity contribution in [2.24, 2.45) is 0 Å². The first kappa shape index (κ1) is 26.6. The molecule has 1 aliphatic rings. The summed E-state index contributed by atoms with van der Waals surface area (Å²) < 4.78 is 37.0. The van der Waals surface area contributed by atoms with E-state index in [9.17, 15) is 18.0 Å². The molecule has 0 saturated carbocycles. The van der Waals surface area contributed by atoms with Crippen LogP contribution in [0.2, 0.25) is 5.02 Å². The number of ether oxygens (including phenoxy) is 2. The van der Waals surface area contributed by atoms with Crippen LogP contribution in [0.4, 0.5) is 5.69 Å². The Kier molecular flexibility index (Phi) is 8.85. The van der Waals surface area contributed by atoms with E-state index in [4.69, 9.17) is 21.1 Å². The van der Waals surface area contributed by atoms with Crippen LogP contribution in [0.15, 0.2) is 42.5 Å². The quantitative estimate of drug-likeness (QED) is 0.454. The molecule has 2 aromatic carbocycles. The van der Waals surface area contributed by atoms with Gasteiger partial charge in [-0.2, -0.15) is 0 Å². The Morgan fingerprint density at radius 1 is 1.14 bits per heavy atom. The smallest absolute Gasteiger partial charge is 0.244 e. The molecule has 1 N–H and O–H groups in total. The van der Waals surface area contributed by atoms with Gasteiger partial charge in [0.2, 0.25) is 28.6 Å². The van der Waals surface area contributed by atoms with Crippen LogP contribution in [0.1, 0.15) is 32.3 Å². The number of nitrogens with zero attached hydrogens (tertiary/aromatic N) is 2. The summed E-state index contributed by atoms with van der Waals surface area (Å²) in [5.41, 5.74) is 0.973. The minimum absolute atomic E-state index is 0.0364. The third-order valence-electron chi connectivity index (χ3n) is 5.56. The van der Waals surface area contributed by atoms with Crippen molar-refractivity contribution in [3.63, 3.8) is 0 Å². The second-order valence-electron chi connectivity index (χ2n) is 8.28. The number of rotatable bonds is 11. The van der Waals surface area contributed by atoms with Crippen molar-refractivity contribution < 1.29 is 27.5 Å². The van der Waals surface area contributed by atoms with Crippen molar-refractivity contribution in [3.05, 3.63) is 53.1 Å². The molecule has 0 aromatic heterocycles. The zero-order valence-corrected chi connectivity index (χ0v) is 21.6. The Balaban J connectivity index is 1.88. The number of hydrogen-bond acceptors (Lipinski definition) is 6. The van der Waals surface area contributed by atoms with E-state index in [1.807, 2.05) is 6.92 Å². The Labute approximate surface area is 211 Å². The normalized spacial score (nSPS) is 13.3. The number of carbonyl (C=O) groups is 2. The van der Waals surface area contributed by atoms with Gasteiger partial charge in [0.1, 0.15) is 12.6 Å². The molecular formula is C24H30ClN3O6S. The summed E-state index contributed by atoms with van der Waals surface area (Å²) in [6.45, 7) is 3.75. The summed E-state index contributed by atoms with van der Waals surface area (Å²) in [4.78, 5) is 27.7. The highest BCUT2D eigenvalue weighted by molar-refractivity contribution is 7.92. The van der Waals surface area contributed by atoms with Crippen LogP contribution < -0.4 is 19.1 Å². The molecule has 0 spiro atoms. The number of nitrogens with one attached hydrogen (secondary N) is 1. The number of amides is 2. The highest BCUT2D eigenvalue weighted by atomic mass is 35.5. The van der Waals surface area contributed by atoms with Gasteiger partial charge in [-0.05, 0) is 43.2 Å². The monoisotopic (exact) mass is 523 g/mol. The van der Waals surface area contributed by atoms with E-state index in [1.54, 1.807) is 43.3 Å². The molecule has 0 fully saturated rings. The first-order chi connectivity index (χ1) is 16.6. The molecule has 0 aliphatic carbocycles. The molecule has 1 heterocycles. The van der Waals surface area contributed by atoms with Gasteiger partial charge in [-0.1, -0.05) is 37.1 Å². The average Bonchev–Trinajstić information content (AvgIpc) is 3.27. The molecule has 0 saturated heterocycles. The van der Waals surface area contributed by atoms with E-state index >= 15 is 0 Å². The van der Waals surface area contributed by atoms with E-state index in [-0.39, 0.29) is 24.9 Å². The van der Waals surface area contributed by atoms with E-state index < -0.39 is 28.5 Å². The van der Waals surface area contributed by atoms with Crippen LogP contribution in [-0.4, -0.2) is 57.3 Å². The minimum atomic E-state index is -3.84. The van der Waals surface area contributed by atoms with Gasteiger partial charge in [-0.25, -0.2) is 8.42 Å². The molecule has 0 bridgehead atoms. The highest BCUT2D eigenvalue weighted by Crippen LogP contribution is 2.36. The van der Waals surface area contributed by atoms with Crippen LogP contribution in [0.3, 0.4) is 0 Å². The number of benzene rings is 2. The maximum absolute atomic E-state index is 13.5. The lowest BCUT2D eigenvalue weighted by molar-refractivity contribution is -0.139. The van der Waals surface area contributed by atoms with Gasteiger partial charge >= 0.3 is 0 Å². The number of hydrogen-bond donors (Lipinski definition) is 1. The van der Waals surface area contributed by atoms with Crippen LogP contribution in [-0.2, 0) is 26.2 Å². The number of sulfonamides is 1. The first-order valence-corrected chi connectivity index (χ1v) is 13.5. The SMILES string of the molecule is CCCCNC(=O)[C@@H](C)N(Cc1cccc(Cl)c1)C(=O)CN(c1ccc2c(c1)OCO2)S(C)(=O)=O. The number of halogens is 1. The minimum Gasteiger partial charge on any atom is -0.454 e. The second kappa shape index (κ2) is 11.6. The number of fused-ring (bicyclic) bond motifs is 1. The standard InChI is InChI=1S/C24H30ClN3O6S/c1-4-5-11-26-24(30)17(2)27(14-18-7-6-8-19(25)12-18)23(29)15-28(35(3,31)32)20-9-10-21-22(13-20)34-16-33-21/h6-10,12-13,17H,4-5,11,14-16H2,1-3H3,(H,26,30)/t17-/m1/s1. The predicted molar refractivity (Wildman–Crippen MR) is 134 cm³/mol. The van der Waals surface area contributed by atoms with Gasteiger partial charge in [0.15, 0.2) is 11.5 Å². The Hall–Kier alpha value is -2.98. The largest absolute Gasteiger partial charge is 0.454 e. The fourth-order valence-electron chi connectivity index (χ4n) is 3.60. The lowest BCUT2D eigenvalue weighted by Crippen LogP contribution is -2.51. The fraction of sp³-hybridized carbons (Fsp3) is 0.417. The zero-order valence-electron chi connectivity index (χ0n) is 20.0. The third-order valence-corrected chi connectivity index (χ3v) is 6.94. The third kappa shape index (κ3) is 7.02. The van der Waals surface area contributed by atoms with Gasteiger partial charge in [0.25, 0.3) is 0 Å². The van der Waals surface area contributed by atoms with Gasteiger partial charge in [0.05, 0.1) is 11.9 Å². The Bertz CT molecular complexity index is 1170. The summed E-state index contributed by atoms with van der Waals surface area (Å²) in [5, 5.41) is 3.33. The summed E-state index contributed by atoms with van der Waals surface area (Å²) in [6.07, 6.45) is 2.75. The lowest BCUT2D eigenvalue weighted by Gasteiger charge is -2.31. The van der Waals surface area contributed by atoms with Crippen LogP contribution in [0, 0.1) is 0 Å². The van der Waals surface area contributed by atoms with Gasteiger partial charge in [-0.15, -0.1) is 0 Å². The topological polar surface area (TPSA) is 105 Å². The molecule has 190 valence electrons. The molecule has 0 unspecified atom stereocenters. The van der Waals surface area contributed by atoms with Gasteiger partial charge in [-0.3, -0.25) is 13.9 Å². The summed E-state index contributed by atoms with van der Waals surface area (Å²) in [6, 6.07) is 10.8. The molecule has 9 nitrogen and oxygen atoms in total. The molecular weight excluding hydrogens is 494 g/mol.